The first-order valence-electron chi connectivity index (χ1n) is 7.81. The molecule has 3 N–H and O–H groups in total. The maximum absolute atomic E-state index is 12.9. The topological polar surface area (TPSA) is 52.5 Å². The number of nitrogens with one attached hydrogen (secondary N) is 1. The summed E-state index contributed by atoms with van der Waals surface area (Å²) in [4.78, 5) is -0.142. The zero-order chi connectivity index (χ0) is 18.5. The molecule has 3 nitrogen and oxygen atoms in total. The number of aliphatic hydroxyl groups excluding tert-OH is 1. The molecular formula is C18H20F3NO2S. The summed E-state index contributed by atoms with van der Waals surface area (Å²) in [6.07, 6.45) is -1.33. The van der Waals surface area contributed by atoms with Crippen molar-refractivity contribution in [2.24, 2.45) is 0 Å². The molecule has 136 valence electrons. The Labute approximate surface area is 148 Å². The van der Waals surface area contributed by atoms with Gasteiger partial charge < -0.3 is 15.5 Å². The van der Waals surface area contributed by atoms with Gasteiger partial charge in [-0.1, -0.05) is 55.5 Å². The van der Waals surface area contributed by atoms with Crippen molar-refractivity contribution in [2.75, 3.05) is 13.1 Å². The van der Waals surface area contributed by atoms with E-state index in [1.807, 2.05) is 6.92 Å². The quantitative estimate of drug-likeness (QED) is 0.652. The average molecular weight is 371 g/mol. The van der Waals surface area contributed by atoms with Gasteiger partial charge in [0.25, 0.3) is 0 Å². The minimum Gasteiger partial charge on any atom is -0.388 e. The van der Waals surface area contributed by atoms with Gasteiger partial charge in [0.2, 0.25) is 0 Å². The van der Waals surface area contributed by atoms with Gasteiger partial charge in [-0.25, -0.2) is 0 Å². The molecule has 2 aromatic carbocycles. The predicted octanol–water partition coefficient (Wildman–Crippen LogP) is 3.50. The maximum atomic E-state index is 12.9. The van der Waals surface area contributed by atoms with Gasteiger partial charge in [0.1, 0.15) is 11.7 Å². The van der Waals surface area contributed by atoms with Crippen LogP contribution in [-0.4, -0.2) is 34.9 Å². The van der Waals surface area contributed by atoms with Crippen molar-refractivity contribution >= 4 is 11.8 Å². The number of likely N-dealkylation sites (N-methyl/N-ethyl adjacent to an activating group) is 1. The zero-order valence-electron chi connectivity index (χ0n) is 13.6. The lowest BCUT2D eigenvalue weighted by molar-refractivity contribution is -0.0504. The molecule has 0 heterocycles. The summed E-state index contributed by atoms with van der Waals surface area (Å²) in [6, 6.07) is 14.0. The van der Waals surface area contributed by atoms with Crippen LogP contribution < -0.4 is 5.32 Å². The largest absolute Gasteiger partial charge is 0.446 e. The van der Waals surface area contributed by atoms with Crippen LogP contribution in [0, 0.1) is 0 Å². The van der Waals surface area contributed by atoms with Crippen LogP contribution in [0.1, 0.15) is 18.1 Å². The molecule has 2 unspecified atom stereocenters. The first kappa shape index (κ1) is 19.8. The Kier molecular flexibility index (Phi) is 6.51. The molecule has 0 spiro atoms. The number of alkyl halides is 3. The van der Waals surface area contributed by atoms with Crippen LogP contribution in [0.4, 0.5) is 13.2 Å². The number of hydrogen-bond donors (Lipinski definition) is 3. The number of rotatable bonds is 7. The maximum Gasteiger partial charge on any atom is 0.446 e. The highest BCUT2D eigenvalue weighted by Gasteiger charge is 2.42. The van der Waals surface area contributed by atoms with Crippen LogP contribution in [0.3, 0.4) is 0 Å². The molecule has 0 amide bonds. The van der Waals surface area contributed by atoms with Gasteiger partial charge in [-0.3, -0.25) is 0 Å². The third-order valence-corrected chi connectivity index (χ3v) is 4.61. The SMILES string of the molecule is CCNCC(O)C(O)(c1ccccc1)c1ccccc1SC(F)(F)F. The molecule has 0 aromatic heterocycles. The minimum absolute atomic E-state index is 0.0222. The highest BCUT2D eigenvalue weighted by molar-refractivity contribution is 8.00. The van der Waals surface area contributed by atoms with E-state index in [2.05, 4.69) is 5.32 Å². The van der Waals surface area contributed by atoms with E-state index in [0.717, 1.165) is 0 Å². The van der Waals surface area contributed by atoms with E-state index in [-0.39, 0.29) is 28.8 Å². The van der Waals surface area contributed by atoms with Crippen molar-refractivity contribution in [3.05, 3.63) is 65.7 Å². The molecule has 0 saturated heterocycles. The van der Waals surface area contributed by atoms with Crippen LogP contribution in [0.2, 0.25) is 0 Å². The Morgan fingerprint density at radius 2 is 1.64 bits per heavy atom. The Balaban J connectivity index is 2.57. The van der Waals surface area contributed by atoms with Gasteiger partial charge >= 0.3 is 5.51 Å². The molecule has 0 aliphatic carbocycles. The Hall–Kier alpha value is -1.54. The van der Waals surface area contributed by atoms with Crippen molar-refractivity contribution in [2.45, 2.75) is 29.0 Å². The third kappa shape index (κ3) is 4.76. The molecule has 7 heteroatoms. The summed E-state index contributed by atoms with van der Waals surface area (Å²) in [5, 5.41) is 24.9. The minimum atomic E-state index is -4.50. The molecule has 0 radical (unpaired) electrons. The molecule has 0 aliphatic heterocycles. The molecule has 2 aromatic rings. The fraction of sp³-hybridized carbons (Fsp3) is 0.333. The highest BCUT2D eigenvalue weighted by atomic mass is 32.2. The average Bonchev–Trinajstić information content (AvgIpc) is 2.58. The van der Waals surface area contributed by atoms with E-state index < -0.39 is 17.2 Å². The van der Waals surface area contributed by atoms with E-state index in [1.54, 1.807) is 36.4 Å². The Morgan fingerprint density at radius 3 is 2.24 bits per heavy atom. The number of benzene rings is 2. The lowest BCUT2D eigenvalue weighted by Gasteiger charge is -2.35. The van der Waals surface area contributed by atoms with Gasteiger partial charge in [0.05, 0.1) is 0 Å². The molecule has 0 bridgehead atoms. The lowest BCUT2D eigenvalue weighted by Crippen LogP contribution is -2.46. The van der Waals surface area contributed by atoms with Crippen molar-refractivity contribution < 1.29 is 23.4 Å². The summed E-state index contributed by atoms with van der Waals surface area (Å²) in [6.45, 7) is 2.43. The number of aliphatic hydroxyl groups is 2. The smallest absolute Gasteiger partial charge is 0.388 e. The van der Waals surface area contributed by atoms with E-state index >= 15 is 0 Å². The van der Waals surface area contributed by atoms with Crippen molar-refractivity contribution in [3.8, 4) is 0 Å². The van der Waals surface area contributed by atoms with E-state index in [0.29, 0.717) is 12.1 Å². The van der Waals surface area contributed by atoms with Gasteiger partial charge in [-0.05, 0) is 29.9 Å². The van der Waals surface area contributed by atoms with Gasteiger partial charge in [-0.15, -0.1) is 0 Å². The van der Waals surface area contributed by atoms with Crippen molar-refractivity contribution in [3.63, 3.8) is 0 Å². The van der Waals surface area contributed by atoms with Crippen LogP contribution in [-0.2, 0) is 5.60 Å². The monoisotopic (exact) mass is 371 g/mol. The Bertz CT molecular complexity index is 682. The first-order valence-corrected chi connectivity index (χ1v) is 8.62. The van der Waals surface area contributed by atoms with Crippen LogP contribution in [0.15, 0.2) is 59.5 Å². The first-order chi connectivity index (χ1) is 11.8. The van der Waals surface area contributed by atoms with Gasteiger partial charge in [0.15, 0.2) is 0 Å². The second-order valence-corrected chi connectivity index (χ2v) is 6.61. The fourth-order valence-electron chi connectivity index (χ4n) is 2.64. The van der Waals surface area contributed by atoms with Gasteiger partial charge in [-0.2, -0.15) is 13.2 Å². The predicted molar refractivity (Wildman–Crippen MR) is 92.3 cm³/mol. The second-order valence-electron chi connectivity index (χ2n) is 5.50. The van der Waals surface area contributed by atoms with E-state index in [1.165, 1.54) is 18.2 Å². The van der Waals surface area contributed by atoms with Gasteiger partial charge in [0, 0.05) is 17.0 Å². The number of hydrogen-bond acceptors (Lipinski definition) is 4. The lowest BCUT2D eigenvalue weighted by atomic mass is 9.81. The standard InChI is InChI=1S/C18H20F3NO2S/c1-2-22-12-16(23)17(24,13-8-4-3-5-9-13)14-10-6-7-11-15(14)25-18(19,20)21/h3-11,16,22-24H,2,12H2,1H3. The van der Waals surface area contributed by atoms with Crippen LogP contribution in [0.25, 0.3) is 0 Å². The summed E-state index contributed by atoms with van der Waals surface area (Å²) in [7, 11) is 0. The van der Waals surface area contributed by atoms with E-state index in [9.17, 15) is 23.4 Å². The molecule has 25 heavy (non-hydrogen) atoms. The molecule has 0 aliphatic rings. The Morgan fingerprint density at radius 1 is 1.04 bits per heavy atom. The molecule has 2 atom stereocenters. The molecule has 0 saturated carbocycles. The number of halogens is 3. The summed E-state index contributed by atoms with van der Waals surface area (Å²) < 4.78 is 38.8. The molecular weight excluding hydrogens is 351 g/mol. The summed E-state index contributed by atoms with van der Waals surface area (Å²) >= 11 is -0.301. The summed E-state index contributed by atoms with van der Waals surface area (Å²) in [5.41, 5.74) is -6.12. The number of thioether (sulfide) groups is 1. The van der Waals surface area contributed by atoms with Crippen molar-refractivity contribution in [1.29, 1.82) is 0 Å². The van der Waals surface area contributed by atoms with E-state index in [4.69, 9.17) is 0 Å². The van der Waals surface area contributed by atoms with Crippen LogP contribution >= 0.6 is 11.8 Å². The normalized spacial score (nSPS) is 15.6. The second kappa shape index (κ2) is 8.23. The zero-order valence-corrected chi connectivity index (χ0v) is 14.4. The third-order valence-electron chi connectivity index (χ3n) is 3.81. The van der Waals surface area contributed by atoms with Crippen molar-refractivity contribution in [1.82, 2.24) is 5.32 Å². The molecule has 0 fully saturated rings. The fourth-order valence-corrected chi connectivity index (χ4v) is 3.37. The summed E-state index contributed by atoms with van der Waals surface area (Å²) in [5.74, 6) is 0. The highest BCUT2D eigenvalue weighted by Crippen LogP contribution is 2.44. The molecule has 2 rings (SSSR count). The van der Waals surface area contributed by atoms with Crippen LogP contribution in [0.5, 0.6) is 0 Å².